The zero-order valence-corrected chi connectivity index (χ0v) is 12.3. The van der Waals surface area contributed by atoms with Crippen molar-refractivity contribution in [2.75, 3.05) is 0 Å². The van der Waals surface area contributed by atoms with Crippen LogP contribution in [0.1, 0.15) is 32.1 Å². The highest BCUT2D eigenvalue weighted by Crippen LogP contribution is 2.33. The number of hydrogen-bond donors (Lipinski definition) is 0. The van der Waals surface area contributed by atoms with Crippen molar-refractivity contribution in [1.82, 2.24) is 0 Å². The van der Waals surface area contributed by atoms with E-state index in [1.807, 2.05) is 47.8 Å². The average molecular weight is 283 g/mol. The second-order valence-corrected chi connectivity index (χ2v) is 5.68. The van der Waals surface area contributed by atoms with E-state index in [0.717, 1.165) is 27.8 Å². The fourth-order valence-corrected chi connectivity index (χ4v) is 3.04. The Morgan fingerprint density at radius 1 is 1.10 bits per heavy atom. The standard InChI is InChI=1S/C18H18OS/c1-2-7-17(18-12-6-13-20-18)19-16-11-5-9-14-8-3-4-10-15(14)16/h3-6,8-13,17H,2,7H2,1H3/t17-/m0/s1/i17D. The van der Waals surface area contributed by atoms with E-state index in [1.165, 1.54) is 0 Å². The Morgan fingerprint density at radius 2 is 1.95 bits per heavy atom. The van der Waals surface area contributed by atoms with Crippen molar-refractivity contribution >= 4 is 22.1 Å². The molecular formula is C18H18OS. The van der Waals surface area contributed by atoms with Gasteiger partial charge in [-0.1, -0.05) is 55.8 Å². The molecule has 0 N–H and O–H groups in total. The van der Waals surface area contributed by atoms with Crippen LogP contribution in [0.25, 0.3) is 10.8 Å². The summed E-state index contributed by atoms with van der Waals surface area (Å²) in [6.45, 7) is 2.09. The van der Waals surface area contributed by atoms with Crippen LogP contribution in [0, 0.1) is 0 Å². The molecule has 2 aromatic carbocycles. The monoisotopic (exact) mass is 283 g/mol. The predicted molar refractivity (Wildman–Crippen MR) is 86.5 cm³/mol. The Balaban J connectivity index is 2.02. The van der Waals surface area contributed by atoms with Gasteiger partial charge in [-0.3, -0.25) is 0 Å². The Morgan fingerprint density at radius 3 is 2.75 bits per heavy atom. The van der Waals surface area contributed by atoms with Gasteiger partial charge >= 0.3 is 0 Å². The third kappa shape index (κ3) is 2.70. The summed E-state index contributed by atoms with van der Waals surface area (Å²) in [6.07, 6.45) is 0.579. The van der Waals surface area contributed by atoms with Crippen LogP contribution in [-0.4, -0.2) is 0 Å². The number of thiophene rings is 1. The van der Waals surface area contributed by atoms with Gasteiger partial charge < -0.3 is 4.74 Å². The van der Waals surface area contributed by atoms with Gasteiger partial charge in [0.25, 0.3) is 0 Å². The van der Waals surface area contributed by atoms with Gasteiger partial charge in [0, 0.05) is 10.3 Å². The van der Waals surface area contributed by atoms with Crippen LogP contribution in [0.15, 0.2) is 60.0 Å². The van der Waals surface area contributed by atoms with Crippen molar-refractivity contribution in [3.63, 3.8) is 0 Å². The molecule has 0 fully saturated rings. The molecule has 0 spiro atoms. The third-order valence-electron chi connectivity index (χ3n) is 3.26. The van der Waals surface area contributed by atoms with Gasteiger partial charge in [0.2, 0.25) is 0 Å². The summed E-state index contributed by atoms with van der Waals surface area (Å²) in [4.78, 5) is 0.956. The van der Waals surface area contributed by atoms with E-state index < -0.39 is 6.08 Å². The summed E-state index contributed by atoms with van der Waals surface area (Å²) in [7, 11) is 0. The molecule has 3 aromatic rings. The van der Waals surface area contributed by atoms with E-state index in [9.17, 15) is 0 Å². The summed E-state index contributed by atoms with van der Waals surface area (Å²) in [5.74, 6) is 0.782. The molecule has 0 unspecified atom stereocenters. The average Bonchev–Trinajstić information content (AvgIpc) is 3.03. The van der Waals surface area contributed by atoms with Crippen molar-refractivity contribution < 1.29 is 6.11 Å². The first kappa shape index (κ1) is 12.0. The lowest BCUT2D eigenvalue weighted by molar-refractivity contribution is 0.200. The van der Waals surface area contributed by atoms with Crippen molar-refractivity contribution in [2.45, 2.75) is 25.8 Å². The first-order valence-corrected chi connectivity index (χ1v) is 7.82. The molecule has 0 amide bonds. The highest BCUT2D eigenvalue weighted by molar-refractivity contribution is 7.10. The van der Waals surface area contributed by atoms with Gasteiger partial charge in [-0.2, -0.15) is 0 Å². The topological polar surface area (TPSA) is 9.23 Å². The highest BCUT2D eigenvalue weighted by Gasteiger charge is 2.14. The molecule has 1 heterocycles. The van der Waals surface area contributed by atoms with E-state index in [-0.39, 0.29) is 0 Å². The lowest BCUT2D eigenvalue weighted by Gasteiger charge is -2.18. The van der Waals surface area contributed by atoms with Crippen LogP contribution in [0.3, 0.4) is 0 Å². The van der Waals surface area contributed by atoms with Crippen molar-refractivity contribution in [1.29, 1.82) is 0 Å². The highest BCUT2D eigenvalue weighted by atomic mass is 32.1. The second kappa shape index (κ2) is 6.10. The summed E-state index contributed by atoms with van der Waals surface area (Å²) in [6, 6.07) is 18.1. The molecule has 1 aromatic heterocycles. The zero-order valence-electron chi connectivity index (χ0n) is 12.5. The Labute approximate surface area is 125 Å². The fourth-order valence-electron chi connectivity index (χ4n) is 2.31. The first-order valence-electron chi connectivity index (χ1n) is 7.44. The van der Waals surface area contributed by atoms with Crippen LogP contribution in [-0.2, 0) is 0 Å². The summed E-state index contributed by atoms with van der Waals surface area (Å²) in [5.41, 5.74) is 0. The van der Waals surface area contributed by atoms with Gasteiger partial charge in [-0.05, 0) is 29.3 Å². The Kier molecular flexibility index (Phi) is 3.65. The summed E-state index contributed by atoms with van der Waals surface area (Å²) < 4.78 is 15.0. The van der Waals surface area contributed by atoms with Crippen molar-refractivity contribution in [3.8, 4) is 5.75 Å². The summed E-state index contributed by atoms with van der Waals surface area (Å²) >= 11 is 1.58. The van der Waals surface area contributed by atoms with Crippen LogP contribution >= 0.6 is 11.3 Å². The molecule has 0 aliphatic heterocycles. The number of hydrogen-bond acceptors (Lipinski definition) is 2. The smallest absolute Gasteiger partial charge is 0.133 e. The minimum absolute atomic E-state index is 0.677. The number of benzene rings is 2. The third-order valence-corrected chi connectivity index (χ3v) is 4.17. The van der Waals surface area contributed by atoms with Crippen LogP contribution in [0.4, 0.5) is 0 Å². The van der Waals surface area contributed by atoms with Gasteiger partial charge in [-0.15, -0.1) is 11.3 Å². The lowest BCUT2D eigenvalue weighted by atomic mass is 10.1. The molecule has 0 saturated carbocycles. The Bertz CT molecular complexity index is 718. The maximum absolute atomic E-state index is 8.78. The zero-order chi connectivity index (χ0) is 14.7. The maximum atomic E-state index is 8.78. The molecular weight excluding hydrogens is 264 g/mol. The quantitative estimate of drug-likeness (QED) is 0.573. The van der Waals surface area contributed by atoms with Gasteiger partial charge in [-0.25, -0.2) is 0 Å². The normalized spacial score (nSPS) is 14.8. The second-order valence-electron chi connectivity index (χ2n) is 4.73. The first-order chi connectivity index (χ1) is 10.2. The Hall–Kier alpha value is -1.80. The van der Waals surface area contributed by atoms with Gasteiger partial charge in [0.1, 0.15) is 11.8 Å². The minimum Gasteiger partial charge on any atom is -0.484 e. The van der Waals surface area contributed by atoms with Crippen LogP contribution in [0.2, 0.25) is 0 Å². The minimum atomic E-state index is -1.01. The number of rotatable bonds is 5. The molecule has 1 atom stereocenters. The molecule has 0 saturated heterocycles. The molecule has 102 valence electrons. The van der Waals surface area contributed by atoms with E-state index >= 15 is 0 Å². The SMILES string of the molecule is [2H][C@@](CCC)(Oc1cccc2ccccc12)c1cccs1. The molecule has 0 bridgehead atoms. The van der Waals surface area contributed by atoms with E-state index in [2.05, 4.69) is 19.1 Å². The predicted octanol–water partition coefficient (Wildman–Crippen LogP) is 5.82. The lowest BCUT2D eigenvalue weighted by Crippen LogP contribution is -2.05. The van der Waals surface area contributed by atoms with Crippen LogP contribution in [0.5, 0.6) is 5.75 Å². The molecule has 0 aliphatic rings. The molecule has 0 aliphatic carbocycles. The largest absolute Gasteiger partial charge is 0.484 e. The molecule has 1 nitrogen and oxygen atoms in total. The fraction of sp³-hybridized carbons (Fsp3) is 0.222. The van der Waals surface area contributed by atoms with Crippen molar-refractivity contribution in [3.05, 3.63) is 64.9 Å². The molecule has 20 heavy (non-hydrogen) atoms. The summed E-state index contributed by atoms with van der Waals surface area (Å²) in [5, 5.41) is 4.20. The van der Waals surface area contributed by atoms with Gasteiger partial charge in [0.15, 0.2) is 0 Å². The van der Waals surface area contributed by atoms with E-state index in [0.29, 0.717) is 6.42 Å². The number of fused-ring (bicyclic) bond motifs is 1. The molecule has 2 heteroatoms. The van der Waals surface area contributed by atoms with E-state index in [4.69, 9.17) is 6.11 Å². The molecule has 3 rings (SSSR count). The number of ether oxygens (including phenoxy) is 1. The van der Waals surface area contributed by atoms with Crippen molar-refractivity contribution in [2.24, 2.45) is 0 Å². The van der Waals surface area contributed by atoms with E-state index in [1.54, 1.807) is 11.3 Å². The van der Waals surface area contributed by atoms with Crippen LogP contribution < -0.4 is 4.74 Å². The maximum Gasteiger partial charge on any atom is 0.133 e. The van der Waals surface area contributed by atoms with Gasteiger partial charge in [0.05, 0.1) is 1.37 Å². The molecule has 0 radical (unpaired) electrons.